The lowest BCUT2D eigenvalue weighted by molar-refractivity contribution is -0.384. The first-order valence-corrected chi connectivity index (χ1v) is 6.39. The normalized spacial score (nSPS) is 10.2. The molecule has 0 aliphatic carbocycles. The molecular formula is C14H12ClFN2O3. The molecule has 7 heteroatoms. The average Bonchev–Trinajstić information content (AvgIpc) is 2.45. The fourth-order valence-electron chi connectivity index (χ4n) is 1.83. The Bertz CT molecular complexity index is 679. The van der Waals surface area contributed by atoms with Crippen LogP contribution in [0.5, 0.6) is 5.75 Å². The number of rotatable bonds is 5. The molecule has 0 aliphatic heterocycles. The van der Waals surface area contributed by atoms with Crippen molar-refractivity contribution in [2.45, 2.75) is 6.54 Å². The Morgan fingerprint density at radius 1 is 1.33 bits per heavy atom. The Morgan fingerprint density at radius 3 is 2.71 bits per heavy atom. The Hall–Kier alpha value is -2.34. The van der Waals surface area contributed by atoms with E-state index in [0.29, 0.717) is 10.6 Å². The zero-order chi connectivity index (χ0) is 15.4. The summed E-state index contributed by atoms with van der Waals surface area (Å²) < 4.78 is 18.4. The molecule has 0 radical (unpaired) electrons. The molecular weight excluding hydrogens is 299 g/mol. The predicted octanol–water partition coefficient (Wildman–Crippen LogP) is 4.01. The molecule has 2 aromatic rings. The molecule has 21 heavy (non-hydrogen) atoms. The SMILES string of the molecule is COc1ccc(CNc2cc(Cl)ccc2[N+](=O)[O-])cc1F. The number of halogens is 2. The highest BCUT2D eigenvalue weighted by Crippen LogP contribution is 2.28. The van der Waals surface area contributed by atoms with Gasteiger partial charge < -0.3 is 10.1 Å². The standard InChI is InChI=1S/C14H12ClFN2O3/c1-21-14-5-2-9(6-11(14)16)8-17-12-7-10(15)3-4-13(12)18(19)20/h2-7,17H,8H2,1H3. The molecule has 1 N–H and O–H groups in total. The first kappa shape index (κ1) is 15.1. The molecule has 2 rings (SSSR count). The number of hydrogen-bond acceptors (Lipinski definition) is 4. The quantitative estimate of drug-likeness (QED) is 0.669. The van der Waals surface area contributed by atoms with E-state index < -0.39 is 10.7 Å². The van der Waals surface area contributed by atoms with Crippen LogP contribution in [0.3, 0.4) is 0 Å². The van der Waals surface area contributed by atoms with Crippen molar-refractivity contribution in [1.82, 2.24) is 0 Å². The molecule has 0 unspecified atom stereocenters. The molecule has 0 bridgehead atoms. The zero-order valence-electron chi connectivity index (χ0n) is 11.1. The van der Waals surface area contributed by atoms with E-state index in [1.165, 1.54) is 37.4 Å². The van der Waals surface area contributed by atoms with E-state index in [1.807, 2.05) is 0 Å². The van der Waals surface area contributed by atoms with Crippen molar-refractivity contribution < 1.29 is 14.1 Å². The summed E-state index contributed by atoms with van der Waals surface area (Å²) >= 11 is 5.83. The Morgan fingerprint density at radius 2 is 2.10 bits per heavy atom. The van der Waals surface area contributed by atoms with Crippen LogP contribution < -0.4 is 10.1 Å². The third-order valence-corrected chi connectivity index (χ3v) is 3.09. The molecule has 0 saturated carbocycles. The highest BCUT2D eigenvalue weighted by Gasteiger charge is 2.13. The maximum Gasteiger partial charge on any atom is 0.292 e. The van der Waals surface area contributed by atoms with Crippen LogP contribution in [0.25, 0.3) is 0 Å². The Labute approximate surface area is 125 Å². The highest BCUT2D eigenvalue weighted by atomic mass is 35.5. The van der Waals surface area contributed by atoms with Gasteiger partial charge in [-0.15, -0.1) is 0 Å². The van der Waals surface area contributed by atoms with Crippen molar-refractivity contribution in [1.29, 1.82) is 0 Å². The second-order valence-electron chi connectivity index (χ2n) is 4.24. The monoisotopic (exact) mass is 310 g/mol. The summed E-state index contributed by atoms with van der Waals surface area (Å²) in [7, 11) is 1.38. The lowest BCUT2D eigenvalue weighted by atomic mass is 10.2. The van der Waals surface area contributed by atoms with Gasteiger partial charge >= 0.3 is 0 Å². The van der Waals surface area contributed by atoms with Crippen LogP contribution in [0.15, 0.2) is 36.4 Å². The fourth-order valence-corrected chi connectivity index (χ4v) is 2.00. The van der Waals surface area contributed by atoms with Crippen molar-refractivity contribution >= 4 is 23.0 Å². The second kappa shape index (κ2) is 6.41. The lowest BCUT2D eigenvalue weighted by Crippen LogP contribution is -2.03. The topological polar surface area (TPSA) is 64.4 Å². The smallest absolute Gasteiger partial charge is 0.292 e. The number of benzene rings is 2. The van der Waals surface area contributed by atoms with Gasteiger partial charge in [-0.3, -0.25) is 10.1 Å². The first-order chi connectivity index (χ1) is 10.0. The number of methoxy groups -OCH3 is 1. The van der Waals surface area contributed by atoms with Crippen LogP contribution in [0.4, 0.5) is 15.8 Å². The van der Waals surface area contributed by atoms with Gasteiger partial charge in [0.1, 0.15) is 5.69 Å². The minimum atomic E-state index is -0.507. The summed E-state index contributed by atoms with van der Waals surface area (Å²) in [5.74, 6) is -0.343. The number of hydrogen-bond donors (Lipinski definition) is 1. The molecule has 2 aromatic carbocycles. The number of nitrogens with zero attached hydrogens (tertiary/aromatic N) is 1. The fraction of sp³-hybridized carbons (Fsp3) is 0.143. The van der Waals surface area contributed by atoms with Crippen LogP contribution in [-0.4, -0.2) is 12.0 Å². The Kier molecular flexibility index (Phi) is 4.59. The molecule has 110 valence electrons. The molecule has 0 fully saturated rings. The number of nitrogens with one attached hydrogen (secondary N) is 1. The van der Waals surface area contributed by atoms with Crippen molar-refractivity contribution in [3.05, 3.63) is 62.9 Å². The summed E-state index contributed by atoms with van der Waals surface area (Å²) in [6.45, 7) is 0.224. The van der Waals surface area contributed by atoms with Gasteiger partial charge in [0.2, 0.25) is 0 Å². The highest BCUT2D eigenvalue weighted by molar-refractivity contribution is 6.31. The summed E-state index contributed by atoms with van der Waals surface area (Å²) in [5.41, 5.74) is 0.819. The van der Waals surface area contributed by atoms with Crippen LogP contribution in [-0.2, 0) is 6.54 Å². The third kappa shape index (κ3) is 3.61. The van der Waals surface area contributed by atoms with Gasteiger partial charge in [-0.1, -0.05) is 17.7 Å². The minimum absolute atomic E-state index is 0.0895. The average molecular weight is 311 g/mol. The van der Waals surface area contributed by atoms with E-state index in [0.717, 1.165) is 0 Å². The van der Waals surface area contributed by atoms with E-state index in [1.54, 1.807) is 6.07 Å². The summed E-state index contributed by atoms with van der Waals surface area (Å²) in [6, 6.07) is 8.70. The summed E-state index contributed by atoms with van der Waals surface area (Å²) in [4.78, 5) is 10.4. The van der Waals surface area contributed by atoms with Crippen LogP contribution >= 0.6 is 11.6 Å². The van der Waals surface area contributed by atoms with Crippen molar-refractivity contribution in [3.8, 4) is 5.75 Å². The van der Waals surface area contributed by atoms with Crippen LogP contribution in [0.2, 0.25) is 5.02 Å². The van der Waals surface area contributed by atoms with Gasteiger partial charge in [0.05, 0.1) is 12.0 Å². The van der Waals surface area contributed by atoms with E-state index in [4.69, 9.17) is 16.3 Å². The molecule has 0 aliphatic rings. The van der Waals surface area contributed by atoms with E-state index in [9.17, 15) is 14.5 Å². The molecule has 0 saturated heterocycles. The minimum Gasteiger partial charge on any atom is -0.494 e. The van der Waals surface area contributed by atoms with Crippen LogP contribution in [0, 0.1) is 15.9 Å². The van der Waals surface area contributed by atoms with E-state index >= 15 is 0 Å². The molecule has 0 aromatic heterocycles. The second-order valence-corrected chi connectivity index (χ2v) is 4.68. The summed E-state index contributed by atoms with van der Waals surface area (Å²) in [6.07, 6.45) is 0. The number of ether oxygens (including phenoxy) is 1. The summed E-state index contributed by atoms with van der Waals surface area (Å²) in [5, 5.41) is 14.2. The Balaban J connectivity index is 2.18. The van der Waals surface area contributed by atoms with E-state index in [2.05, 4.69) is 5.32 Å². The van der Waals surface area contributed by atoms with Crippen molar-refractivity contribution in [3.63, 3.8) is 0 Å². The molecule has 0 amide bonds. The van der Waals surface area contributed by atoms with Gasteiger partial charge in [-0.2, -0.15) is 0 Å². The largest absolute Gasteiger partial charge is 0.494 e. The zero-order valence-corrected chi connectivity index (χ0v) is 11.9. The maximum atomic E-state index is 13.6. The van der Waals surface area contributed by atoms with Gasteiger partial charge in [0.15, 0.2) is 11.6 Å². The van der Waals surface area contributed by atoms with E-state index in [-0.39, 0.29) is 23.7 Å². The van der Waals surface area contributed by atoms with Gasteiger partial charge in [0.25, 0.3) is 5.69 Å². The van der Waals surface area contributed by atoms with Crippen molar-refractivity contribution in [2.24, 2.45) is 0 Å². The number of nitro benzene ring substituents is 1. The molecule has 5 nitrogen and oxygen atoms in total. The van der Waals surface area contributed by atoms with Crippen molar-refractivity contribution in [2.75, 3.05) is 12.4 Å². The van der Waals surface area contributed by atoms with Gasteiger partial charge in [0, 0.05) is 17.6 Å². The predicted molar refractivity (Wildman–Crippen MR) is 78.4 cm³/mol. The molecule has 0 heterocycles. The molecule has 0 atom stereocenters. The number of anilines is 1. The number of nitro groups is 1. The van der Waals surface area contributed by atoms with Crippen LogP contribution in [0.1, 0.15) is 5.56 Å². The maximum absolute atomic E-state index is 13.6. The third-order valence-electron chi connectivity index (χ3n) is 2.85. The lowest BCUT2D eigenvalue weighted by Gasteiger charge is -2.09. The van der Waals surface area contributed by atoms with Gasteiger partial charge in [-0.25, -0.2) is 4.39 Å². The van der Waals surface area contributed by atoms with Gasteiger partial charge in [-0.05, 0) is 29.8 Å². The molecule has 0 spiro atoms. The first-order valence-electron chi connectivity index (χ1n) is 6.01.